The molecule has 0 bridgehead atoms. The maximum absolute atomic E-state index is 12.6. The van der Waals surface area contributed by atoms with Crippen molar-refractivity contribution < 1.29 is 18.3 Å². The quantitative estimate of drug-likeness (QED) is 0.367. The van der Waals surface area contributed by atoms with Gasteiger partial charge in [0.05, 0.1) is 7.11 Å². The second kappa shape index (κ2) is 12.4. The molecule has 2 rings (SSSR count). The number of hydrogen-bond donors (Lipinski definition) is 2. The molecule has 0 atom stereocenters. The summed E-state index contributed by atoms with van der Waals surface area (Å²) in [5.41, 5.74) is 0.571. The number of benzene rings is 1. The van der Waals surface area contributed by atoms with Crippen LogP contribution in [0.2, 0.25) is 0 Å². The fraction of sp³-hybridized carbons (Fsp3) is 0.650. The highest BCUT2D eigenvalue weighted by Crippen LogP contribution is 2.25. The second-order valence-electron chi connectivity index (χ2n) is 7.06. The van der Waals surface area contributed by atoms with Gasteiger partial charge in [-0.15, -0.1) is 0 Å². The molecule has 0 aliphatic carbocycles. The van der Waals surface area contributed by atoms with E-state index in [9.17, 15) is 8.78 Å². The molecule has 9 heteroatoms. The molecule has 0 saturated carbocycles. The van der Waals surface area contributed by atoms with Gasteiger partial charge in [-0.2, -0.15) is 8.78 Å². The van der Waals surface area contributed by atoms with Crippen molar-refractivity contribution in [2.75, 3.05) is 60.5 Å². The average Bonchev–Trinajstić information content (AvgIpc) is 2.92. The van der Waals surface area contributed by atoms with Crippen molar-refractivity contribution in [2.45, 2.75) is 26.0 Å². The first-order valence-electron chi connectivity index (χ1n) is 9.99. The number of hydrogen-bond acceptors (Lipinski definition) is 5. The van der Waals surface area contributed by atoms with E-state index in [1.54, 1.807) is 19.2 Å². The number of alkyl halides is 2. The number of methoxy groups -OCH3 is 1. The zero-order valence-electron chi connectivity index (χ0n) is 17.6. The van der Waals surface area contributed by atoms with Gasteiger partial charge in [0.2, 0.25) is 0 Å². The summed E-state index contributed by atoms with van der Waals surface area (Å²) in [6, 6.07) is 4.75. The number of likely N-dealkylation sites (N-methyl/N-ethyl adjacent to an activating group) is 1. The maximum Gasteiger partial charge on any atom is 0.387 e. The third kappa shape index (κ3) is 8.41. The molecule has 0 unspecified atom stereocenters. The van der Waals surface area contributed by atoms with Crippen LogP contribution in [0.5, 0.6) is 11.5 Å². The number of nitrogens with zero attached hydrogens (tertiary/aromatic N) is 3. The fourth-order valence-electron chi connectivity index (χ4n) is 3.26. The van der Waals surface area contributed by atoms with Crippen LogP contribution in [-0.2, 0) is 6.54 Å². The lowest BCUT2D eigenvalue weighted by Gasteiger charge is -2.20. The predicted octanol–water partition coefficient (Wildman–Crippen LogP) is 1.99. The maximum atomic E-state index is 12.6. The van der Waals surface area contributed by atoms with Crippen LogP contribution in [0.1, 0.15) is 18.4 Å². The molecule has 0 spiro atoms. The Bertz CT molecular complexity index is 645. The molecule has 1 aromatic carbocycles. The standard InChI is InChI=1S/C20H33F2N5O2/c1-23-20(24-8-4-10-27-11-5-9-26(2)12-13-27)25-15-16-14-17(28-3)6-7-18(16)29-19(21)22/h6-7,14,19H,4-5,8-13,15H2,1-3H3,(H2,23,24,25). The highest BCUT2D eigenvalue weighted by molar-refractivity contribution is 5.79. The molecule has 1 fully saturated rings. The van der Waals surface area contributed by atoms with Gasteiger partial charge < -0.3 is 29.9 Å². The van der Waals surface area contributed by atoms with Gasteiger partial charge in [-0.05, 0) is 57.7 Å². The van der Waals surface area contributed by atoms with Crippen molar-refractivity contribution in [2.24, 2.45) is 4.99 Å². The van der Waals surface area contributed by atoms with Crippen LogP contribution in [0, 0.1) is 0 Å². The molecule has 1 saturated heterocycles. The average molecular weight is 414 g/mol. The summed E-state index contributed by atoms with van der Waals surface area (Å²) in [6.45, 7) is 3.75. The van der Waals surface area contributed by atoms with E-state index < -0.39 is 6.61 Å². The van der Waals surface area contributed by atoms with Crippen molar-refractivity contribution in [3.8, 4) is 11.5 Å². The number of aliphatic imine (C=N–C) groups is 1. The Balaban J connectivity index is 1.78. The summed E-state index contributed by atoms with van der Waals surface area (Å²) in [4.78, 5) is 9.06. The van der Waals surface area contributed by atoms with Crippen LogP contribution in [0.15, 0.2) is 23.2 Å². The zero-order valence-corrected chi connectivity index (χ0v) is 17.6. The van der Waals surface area contributed by atoms with Crippen LogP contribution in [-0.4, -0.2) is 82.8 Å². The molecule has 1 heterocycles. The molecule has 0 radical (unpaired) electrons. The van der Waals surface area contributed by atoms with Crippen LogP contribution in [0.3, 0.4) is 0 Å². The molecule has 1 aliphatic rings. The Kier molecular flexibility index (Phi) is 9.93. The van der Waals surface area contributed by atoms with Gasteiger partial charge in [-0.1, -0.05) is 0 Å². The first-order chi connectivity index (χ1) is 14.0. The molecule has 29 heavy (non-hydrogen) atoms. The minimum atomic E-state index is -2.88. The Morgan fingerprint density at radius 2 is 2.03 bits per heavy atom. The van der Waals surface area contributed by atoms with E-state index in [0.717, 1.165) is 45.7 Å². The van der Waals surface area contributed by atoms with E-state index in [1.807, 2.05) is 0 Å². The number of guanidine groups is 1. The van der Waals surface area contributed by atoms with E-state index in [0.29, 0.717) is 17.3 Å². The summed E-state index contributed by atoms with van der Waals surface area (Å²) >= 11 is 0. The molecule has 164 valence electrons. The molecular weight excluding hydrogens is 380 g/mol. The van der Waals surface area contributed by atoms with E-state index in [1.165, 1.54) is 19.6 Å². The van der Waals surface area contributed by atoms with E-state index in [-0.39, 0.29) is 12.3 Å². The number of nitrogens with one attached hydrogen (secondary N) is 2. The van der Waals surface area contributed by atoms with Gasteiger partial charge >= 0.3 is 6.61 Å². The smallest absolute Gasteiger partial charge is 0.387 e. The lowest BCUT2D eigenvalue weighted by atomic mass is 10.2. The molecule has 1 aliphatic heterocycles. The fourth-order valence-corrected chi connectivity index (χ4v) is 3.26. The molecule has 1 aromatic rings. The zero-order chi connectivity index (χ0) is 21.1. The monoisotopic (exact) mass is 413 g/mol. The second-order valence-corrected chi connectivity index (χ2v) is 7.06. The molecule has 2 N–H and O–H groups in total. The first kappa shape index (κ1) is 23.2. The Hall–Kier alpha value is -2.13. The Morgan fingerprint density at radius 1 is 1.21 bits per heavy atom. The number of ether oxygens (including phenoxy) is 2. The first-order valence-corrected chi connectivity index (χ1v) is 9.99. The van der Waals surface area contributed by atoms with Gasteiger partial charge in [0, 0.05) is 38.8 Å². The SMILES string of the molecule is CN=C(NCCCN1CCCN(C)CC1)NCc1cc(OC)ccc1OC(F)F. The third-order valence-electron chi connectivity index (χ3n) is 4.91. The normalized spacial score (nSPS) is 16.6. The van der Waals surface area contributed by atoms with Crippen LogP contribution in [0.25, 0.3) is 0 Å². The largest absolute Gasteiger partial charge is 0.497 e. The van der Waals surface area contributed by atoms with Crippen molar-refractivity contribution >= 4 is 5.96 Å². The summed E-state index contributed by atoms with van der Waals surface area (Å²) in [5.74, 6) is 1.32. The number of halogens is 2. The van der Waals surface area contributed by atoms with Crippen molar-refractivity contribution in [3.05, 3.63) is 23.8 Å². The lowest BCUT2D eigenvalue weighted by molar-refractivity contribution is -0.0504. The van der Waals surface area contributed by atoms with Crippen molar-refractivity contribution in [1.82, 2.24) is 20.4 Å². The van der Waals surface area contributed by atoms with Gasteiger partial charge in [-0.25, -0.2) is 0 Å². The Morgan fingerprint density at radius 3 is 2.76 bits per heavy atom. The summed E-state index contributed by atoms with van der Waals surface area (Å²) < 4.78 is 35.0. The predicted molar refractivity (Wildman–Crippen MR) is 111 cm³/mol. The van der Waals surface area contributed by atoms with Gasteiger partial charge in [0.15, 0.2) is 5.96 Å². The van der Waals surface area contributed by atoms with E-state index >= 15 is 0 Å². The topological polar surface area (TPSA) is 61.4 Å². The molecular formula is C20H33F2N5O2. The summed E-state index contributed by atoms with van der Waals surface area (Å²) in [7, 11) is 5.38. The minimum absolute atomic E-state index is 0.120. The Labute approximate surface area is 172 Å². The van der Waals surface area contributed by atoms with Crippen LogP contribution in [0.4, 0.5) is 8.78 Å². The third-order valence-corrected chi connectivity index (χ3v) is 4.91. The van der Waals surface area contributed by atoms with Crippen LogP contribution >= 0.6 is 0 Å². The minimum Gasteiger partial charge on any atom is -0.497 e. The van der Waals surface area contributed by atoms with E-state index in [2.05, 4.69) is 37.2 Å². The molecule has 7 nitrogen and oxygen atoms in total. The van der Waals surface area contributed by atoms with Crippen molar-refractivity contribution in [1.29, 1.82) is 0 Å². The highest BCUT2D eigenvalue weighted by atomic mass is 19.3. The lowest BCUT2D eigenvalue weighted by Crippen LogP contribution is -2.38. The molecule has 0 aromatic heterocycles. The summed E-state index contributed by atoms with van der Waals surface area (Å²) in [6.07, 6.45) is 2.21. The van der Waals surface area contributed by atoms with Gasteiger partial charge in [0.1, 0.15) is 11.5 Å². The van der Waals surface area contributed by atoms with E-state index in [4.69, 9.17) is 4.74 Å². The van der Waals surface area contributed by atoms with Crippen molar-refractivity contribution in [3.63, 3.8) is 0 Å². The van der Waals surface area contributed by atoms with Crippen LogP contribution < -0.4 is 20.1 Å². The molecule has 0 amide bonds. The van der Waals surface area contributed by atoms with Gasteiger partial charge in [0.25, 0.3) is 0 Å². The highest BCUT2D eigenvalue weighted by Gasteiger charge is 2.13. The van der Waals surface area contributed by atoms with Gasteiger partial charge in [-0.3, -0.25) is 4.99 Å². The summed E-state index contributed by atoms with van der Waals surface area (Å²) in [5, 5.41) is 6.42. The number of rotatable bonds is 9.